The zero-order valence-electron chi connectivity index (χ0n) is 11.8. The van der Waals surface area contributed by atoms with Crippen LogP contribution < -0.4 is 5.32 Å². The minimum atomic E-state index is -0.753. The number of aryl methyl sites for hydroxylation is 1. The number of nitrogens with one attached hydrogen (secondary N) is 1. The summed E-state index contributed by atoms with van der Waals surface area (Å²) in [6.45, 7) is 0. The van der Waals surface area contributed by atoms with Crippen LogP contribution in [-0.4, -0.2) is 17.1 Å². The van der Waals surface area contributed by atoms with E-state index in [0.29, 0.717) is 6.04 Å². The quantitative estimate of drug-likeness (QED) is 0.890. The Labute approximate surface area is 128 Å². The van der Waals surface area contributed by atoms with Crippen LogP contribution in [0.2, 0.25) is 0 Å². The SMILES string of the molecule is O=C(O)CC(NC1CCc2ccccc2C1)c1cccs1. The van der Waals surface area contributed by atoms with Gasteiger partial charge in [0.2, 0.25) is 0 Å². The predicted octanol–water partition coefficient (Wildman–Crippen LogP) is 3.41. The van der Waals surface area contributed by atoms with Gasteiger partial charge in [-0.2, -0.15) is 0 Å². The van der Waals surface area contributed by atoms with Gasteiger partial charge in [-0.15, -0.1) is 11.3 Å². The molecule has 4 heteroatoms. The normalized spacial score (nSPS) is 19.0. The second kappa shape index (κ2) is 6.41. The second-order valence-electron chi connectivity index (χ2n) is 5.54. The smallest absolute Gasteiger partial charge is 0.305 e. The van der Waals surface area contributed by atoms with Crippen LogP contribution in [0, 0.1) is 0 Å². The fourth-order valence-corrected chi connectivity index (χ4v) is 3.82. The Kier molecular flexibility index (Phi) is 4.36. The molecule has 1 aliphatic carbocycles. The predicted molar refractivity (Wildman–Crippen MR) is 84.7 cm³/mol. The Morgan fingerprint density at radius 3 is 2.81 bits per heavy atom. The summed E-state index contributed by atoms with van der Waals surface area (Å²) in [7, 11) is 0. The maximum absolute atomic E-state index is 11.1. The largest absolute Gasteiger partial charge is 0.481 e. The highest BCUT2D eigenvalue weighted by Gasteiger charge is 2.23. The lowest BCUT2D eigenvalue weighted by Gasteiger charge is -2.29. The molecule has 2 unspecified atom stereocenters. The first-order valence-corrected chi connectivity index (χ1v) is 8.18. The Morgan fingerprint density at radius 2 is 2.10 bits per heavy atom. The molecule has 0 amide bonds. The summed E-state index contributed by atoms with van der Waals surface area (Å²) in [6.07, 6.45) is 3.26. The van der Waals surface area contributed by atoms with Crippen molar-refractivity contribution < 1.29 is 9.90 Å². The lowest BCUT2D eigenvalue weighted by atomic mass is 9.88. The topological polar surface area (TPSA) is 49.3 Å². The van der Waals surface area contributed by atoms with Crippen molar-refractivity contribution in [1.29, 1.82) is 0 Å². The molecular formula is C17H19NO2S. The summed E-state index contributed by atoms with van der Waals surface area (Å²) in [5.74, 6) is -0.753. The maximum atomic E-state index is 11.1. The van der Waals surface area contributed by atoms with Gasteiger partial charge in [-0.3, -0.25) is 4.79 Å². The van der Waals surface area contributed by atoms with E-state index in [4.69, 9.17) is 5.11 Å². The first-order valence-electron chi connectivity index (χ1n) is 7.30. The maximum Gasteiger partial charge on any atom is 0.305 e. The molecule has 0 bridgehead atoms. The van der Waals surface area contributed by atoms with E-state index in [9.17, 15) is 4.79 Å². The number of hydrogen-bond donors (Lipinski definition) is 2. The molecule has 110 valence electrons. The first kappa shape index (κ1) is 14.3. The van der Waals surface area contributed by atoms with Crippen LogP contribution in [-0.2, 0) is 17.6 Å². The van der Waals surface area contributed by atoms with Gasteiger partial charge in [0.05, 0.1) is 12.5 Å². The van der Waals surface area contributed by atoms with Crippen LogP contribution >= 0.6 is 11.3 Å². The van der Waals surface area contributed by atoms with E-state index in [1.165, 1.54) is 11.1 Å². The molecule has 1 heterocycles. The Morgan fingerprint density at radius 1 is 1.29 bits per heavy atom. The van der Waals surface area contributed by atoms with Crippen LogP contribution in [0.15, 0.2) is 41.8 Å². The molecule has 0 saturated carbocycles. The summed E-state index contributed by atoms with van der Waals surface area (Å²) >= 11 is 1.62. The number of benzene rings is 1. The first-order chi connectivity index (χ1) is 10.2. The van der Waals surface area contributed by atoms with E-state index in [1.54, 1.807) is 11.3 Å². The van der Waals surface area contributed by atoms with E-state index in [0.717, 1.165) is 24.1 Å². The molecule has 3 rings (SSSR count). The molecule has 2 aromatic rings. The number of carboxylic acid groups (broad SMARTS) is 1. The van der Waals surface area contributed by atoms with Crippen LogP contribution in [0.4, 0.5) is 0 Å². The Hall–Kier alpha value is -1.65. The zero-order valence-corrected chi connectivity index (χ0v) is 12.6. The van der Waals surface area contributed by atoms with Crippen molar-refractivity contribution >= 4 is 17.3 Å². The van der Waals surface area contributed by atoms with Gasteiger partial charge < -0.3 is 10.4 Å². The average molecular weight is 301 g/mol. The fourth-order valence-electron chi connectivity index (χ4n) is 3.03. The standard InChI is InChI=1S/C17H19NO2S/c19-17(20)11-15(16-6-3-9-21-16)18-14-8-7-12-4-1-2-5-13(12)10-14/h1-6,9,14-15,18H,7-8,10-11H2,(H,19,20). The van der Waals surface area contributed by atoms with Crippen molar-refractivity contribution in [3.8, 4) is 0 Å². The number of fused-ring (bicyclic) bond motifs is 1. The molecule has 2 N–H and O–H groups in total. The van der Waals surface area contributed by atoms with Crippen LogP contribution in [0.3, 0.4) is 0 Å². The number of carboxylic acids is 1. The number of hydrogen-bond acceptors (Lipinski definition) is 3. The summed E-state index contributed by atoms with van der Waals surface area (Å²) in [4.78, 5) is 12.2. The molecule has 21 heavy (non-hydrogen) atoms. The average Bonchev–Trinajstić information content (AvgIpc) is 3.00. The summed E-state index contributed by atoms with van der Waals surface area (Å²) in [6, 6.07) is 12.8. The van der Waals surface area contributed by atoms with E-state index in [-0.39, 0.29) is 12.5 Å². The van der Waals surface area contributed by atoms with E-state index in [1.807, 2.05) is 17.5 Å². The van der Waals surface area contributed by atoms with Crippen molar-refractivity contribution in [2.24, 2.45) is 0 Å². The highest BCUT2D eigenvalue weighted by atomic mass is 32.1. The van der Waals surface area contributed by atoms with Gasteiger partial charge in [0.25, 0.3) is 0 Å². The van der Waals surface area contributed by atoms with Crippen LogP contribution in [0.25, 0.3) is 0 Å². The molecule has 0 aliphatic heterocycles. The van der Waals surface area contributed by atoms with Gasteiger partial charge in [0.1, 0.15) is 0 Å². The lowest BCUT2D eigenvalue weighted by Crippen LogP contribution is -2.37. The van der Waals surface area contributed by atoms with Crippen LogP contribution in [0.5, 0.6) is 0 Å². The molecule has 2 atom stereocenters. The molecule has 3 nitrogen and oxygen atoms in total. The van der Waals surface area contributed by atoms with Crippen molar-refractivity contribution in [2.45, 2.75) is 37.8 Å². The van der Waals surface area contributed by atoms with Gasteiger partial charge in [-0.05, 0) is 41.8 Å². The van der Waals surface area contributed by atoms with Crippen molar-refractivity contribution in [3.05, 3.63) is 57.8 Å². The Balaban J connectivity index is 1.71. The third-order valence-corrected chi connectivity index (χ3v) is 5.04. The monoisotopic (exact) mass is 301 g/mol. The molecule has 0 radical (unpaired) electrons. The van der Waals surface area contributed by atoms with Gasteiger partial charge in [-0.1, -0.05) is 30.3 Å². The van der Waals surface area contributed by atoms with Gasteiger partial charge in [-0.25, -0.2) is 0 Å². The summed E-state index contributed by atoms with van der Waals surface area (Å²) < 4.78 is 0. The third-order valence-electron chi connectivity index (χ3n) is 4.05. The molecule has 0 fully saturated rings. The molecule has 0 saturated heterocycles. The number of thiophene rings is 1. The van der Waals surface area contributed by atoms with Crippen LogP contribution in [0.1, 0.15) is 34.9 Å². The third kappa shape index (κ3) is 3.52. The second-order valence-corrected chi connectivity index (χ2v) is 6.52. The van der Waals surface area contributed by atoms with E-state index in [2.05, 4.69) is 29.6 Å². The molecule has 1 aromatic heterocycles. The van der Waals surface area contributed by atoms with Gasteiger partial charge in [0.15, 0.2) is 0 Å². The summed E-state index contributed by atoms with van der Waals surface area (Å²) in [5, 5.41) is 14.7. The molecule has 0 spiro atoms. The van der Waals surface area contributed by atoms with Gasteiger partial charge >= 0.3 is 5.97 Å². The van der Waals surface area contributed by atoms with E-state index >= 15 is 0 Å². The number of aliphatic carboxylic acids is 1. The van der Waals surface area contributed by atoms with Crippen molar-refractivity contribution in [3.63, 3.8) is 0 Å². The van der Waals surface area contributed by atoms with Crippen molar-refractivity contribution in [2.75, 3.05) is 0 Å². The van der Waals surface area contributed by atoms with Gasteiger partial charge in [0, 0.05) is 10.9 Å². The molecule has 1 aromatic carbocycles. The van der Waals surface area contributed by atoms with Crippen molar-refractivity contribution in [1.82, 2.24) is 5.32 Å². The number of carbonyl (C=O) groups is 1. The van der Waals surface area contributed by atoms with E-state index < -0.39 is 5.97 Å². The summed E-state index contributed by atoms with van der Waals surface area (Å²) in [5.41, 5.74) is 2.82. The minimum absolute atomic E-state index is 0.0854. The minimum Gasteiger partial charge on any atom is -0.481 e. The number of rotatable bonds is 5. The highest BCUT2D eigenvalue weighted by Crippen LogP contribution is 2.26. The fraction of sp³-hybridized carbons (Fsp3) is 0.353. The molecule has 1 aliphatic rings. The highest BCUT2D eigenvalue weighted by molar-refractivity contribution is 7.10. The lowest BCUT2D eigenvalue weighted by molar-refractivity contribution is -0.137. The molecular weight excluding hydrogens is 282 g/mol. The zero-order chi connectivity index (χ0) is 14.7. The Bertz CT molecular complexity index is 609.